The highest BCUT2D eigenvalue weighted by Crippen LogP contribution is 2.30. The molecule has 0 aliphatic rings. The summed E-state index contributed by atoms with van der Waals surface area (Å²) in [4.78, 5) is 13.1. The van der Waals surface area contributed by atoms with E-state index in [0.29, 0.717) is 15.2 Å². The van der Waals surface area contributed by atoms with E-state index in [2.05, 4.69) is 15.5 Å². The summed E-state index contributed by atoms with van der Waals surface area (Å²) in [6, 6.07) is 23.6. The van der Waals surface area contributed by atoms with Crippen molar-refractivity contribution in [1.29, 1.82) is 0 Å². The van der Waals surface area contributed by atoms with Crippen LogP contribution in [0.5, 0.6) is 0 Å². The Bertz CT molecular complexity index is 1410. The molecule has 1 N–H and O–H groups in total. The molecule has 1 heterocycles. The number of aromatic nitrogens is 2. The van der Waals surface area contributed by atoms with Crippen molar-refractivity contribution in [3.8, 4) is 0 Å². The van der Waals surface area contributed by atoms with Gasteiger partial charge in [0.1, 0.15) is 6.54 Å². The lowest BCUT2D eigenvalue weighted by Crippen LogP contribution is -2.38. The highest BCUT2D eigenvalue weighted by atomic mass is 32.2. The van der Waals surface area contributed by atoms with E-state index in [4.69, 9.17) is 0 Å². The molecule has 4 aromatic rings. The first-order chi connectivity index (χ1) is 16.8. The van der Waals surface area contributed by atoms with Crippen molar-refractivity contribution in [3.63, 3.8) is 0 Å². The predicted molar refractivity (Wildman–Crippen MR) is 141 cm³/mol. The van der Waals surface area contributed by atoms with Crippen LogP contribution >= 0.6 is 23.1 Å². The van der Waals surface area contributed by atoms with Crippen LogP contribution in [0.2, 0.25) is 0 Å². The number of hydrogen-bond donors (Lipinski definition) is 1. The average molecular weight is 525 g/mol. The maximum atomic E-state index is 13.5. The van der Waals surface area contributed by atoms with Crippen molar-refractivity contribution < 1.29 is 13.2 Å². The number of amides is 1. The summed E-state index contributed by atoms with van der Waals surface area (Å²) < 4.78 is 28.9. The van der Waals surface area contributed by atoms with Crippen molar-refractivity contribution in [2.75, 3.05) is 16.2 Å². The molecule has 0 saturated heterocycles. The molecule has 7 nitrogen and oxygen atoms in total. The van der Waals surface area contributed by atoms with Crippen molar-refractivity contribution in [1.82, 2.24) is 10.2 Å². The van der Waals surface area contributed by atoms with E-state index in [-0.39, 0.29) is 4.90 Å². The summed E-state index contributed by atoms with van der Waals surface area (Å²) >= 11 is 2.78. The lowest BCUT2D eigenvalue weighted by atomic mass is 10.1. The first-order valence-corrected chi connectivity index (χ1v) is 14.0. The van der Waals surface area contributed by atoms with Gasteiger partial charge in [0.2, 0.25) is 11.0 Å². The number of anilines is 2. The highest BCUT2D eigenvalue weighted by molar-refractivity contribution is 8.00. The van der Waals surface area contributed by atoms with Crippen molar-refractivity contribution in [2.24, 2.45) is 0 Å². The topological polar surface area (TPSA) is 92.3 Å². The normalized spacial score (nSPS) is 11.3. The second-order valence-corrected chi connectivity index (χ2v) is 11.9. The fourth-order valence-electron chi connectivity index (χ4n) is 3.33. The molecular formula is C25H24N4O3S3. The highest BCUT2D eigenvalue weighted by Gasteiger charge is 2.28. The molecule has 0 atom stereocenters. The van der Waals surface area contributed by atoms with E-state index in [1.807, 2.05) is 56.3 Å². The van der Waals surface area contributed by atoms with Crippen LogP contribution in [0.1, 0.15) is 16.7 Å². The Kier molecular flexibility index (Phi) is 7.84. The third-order valence-corrected chi connectivity index (χ3v) is 8.93. The third-order valence-electron chi connectivity index (χ3n) is 5.11. The summed E-state index contributed by atoms with van der Waals surface area (Å²) in [5.74, 6) is 0.236. The second-order valence-electron chi connectivity index (χ2n) is 7.81. The number of thioether (sulfide) groups is 1. The summed E-state index contributed by atoms with van der Waals surface area (Å²) in [6.07, 6.45) is 0. The van der Waals surface area contributed by atoms with Gasteiger partial charge in [-0.1, -0.05) is 83.8 Å². The standard InChI is InChI=1S/C25H24N4O3S3/c1-18-13-14-19(2)22(15-18)29(35(31,32)21-11-7-4-8-12-21)16-23(30)26-24-27-28-25(34-24)33-17-20-9-5-3-6-10-20/h3-15H,16-17H2,1-2H3,(H,26,27,30). The molecule has 0 bridgehead atoms. The zero-order valence-electron chi connectivity index (χ0n) is 19.2. The monoisotopic (exact) mass is 524 g/mol. The molecule has 1 aromatic heterocycles. The number of nitrogens with zero attached hydrogens (tertiary/aromatic N) is 3. The van der Waals surface area contributed by atoms with E-state index in [1.54, 1.807) is 24.3 Å². The smallest absolute Gasteiger partial charge is 0.264 e. The van der Waals surface area contributed by atoms with Gasteiger partial charge in [-0.3, -0.25) is 14.4 Å². The Hall–Kier alpha value is -3.21. The number of aryl methyl sites for hydroxylation is 2. The third kappa shape index (κ3) is 6.27. The predicted octanol–water partition coefficient (Wildman–Crippen LogP) is 5.28. The molecule has 4 rings (SSSR count). The van der Waals surface area contributed by atoms with Gasteiger partial charge in [0.05, 0.1) is 10.6 Å². The Morgan fingerprint density at radius 2 is 1.66 bits per heavy atom. The van der Waals surface area contributed by atoms with Gasteiger partial charge < -0.3 is 0 Å². The molecule has 180 valence electrons. The Morgan fingerprint density at radius 3 is 2.37 bits per heavy atom. The quantitative estimate of drug-likeness (QED) is 0.237. The van der Waals surface area contributed by atoms with Crippen LogP contribution in [0, 0.1) is 13.8 Å². The number of hydrogen-bond acceptors (Lipinski definition) is 7. The van der Waals surface area contributed by atoms with Gasteiger partial charge in [0.25, 0.3) is 10.0 Å². The minimum atomic E-state index is -3.98. The van der Waals surface area contributed by atoms with Crippen LogP contribution in [0.25, 0.3) is 0 Å². The molecule has 0 aliphatic carbocycles. The van der Waals surface area contributed by atoms with Crippen LogP contribution in [0.3, 0.4) is 0 Å². The fourth-order valence-corrected chi connectivity index (χ4v) is 6.56. The van der Waals surface area contributed by atoms with Crippen LogP contribution in [-0.4, -0.2) is 31.1 Å². The largest absolute Gasteiger partial charge is 0.299 e. The van der Waals surface area contributed by atoms with Crippen LogP contribution in [-0.2, 0) is 20.6 Å². The van der Waals surface area contributed by atoms with Gasteiger partial charge >= 0.3 is 0 Å². The fraction of sp³-hybridized carbons (Fsp3) is 0.160. The van der Waals surface area contributed by atoms with Gasteiger partial charge in [-0.15, -0.1) is 10.2 Å². The van der Waals surface area contributed by atoms with Gasteiger partial charge in [-0.05, 0) is 48.7 Å². The molecule has 0 saturated carbocycles. The molecule has 0 fully saturated rings. The van der Waals surface area contributed by atoms with E-state index < -0.39 is 22.5 Å². The van der Waals surface area contributed by atoms with Gasteiger partial charge in [0, 0.05) is 5.75 Å². The minimum Gasteiger partial charge on any atom is -0.299 e. The van der Waals surface area contributed by atoms with Crippen LogP contribution < -0.4 is 9.62 Å². The Labute approximate surface area is 213 Å². The van der Waals surface area contributed by atoms with E-state index >= 15 is 0 Å². The lowest BCUT2D eigenvalue weighted by Gasteiger charge is -2.25. The number of benzene rings is 3. The lowest BCUT2D eigenvalue weighted by molar-refractivity contribution is -0.114. The molecule has 1 amide bonds. The van der Waals surface area contributed by atoms with Gasteiger partial charge in [-0.25, -0.2) is 8.42 Å². The van der Waals surface area contributed by atoms with E-state index in [9.17, 15) is 13.2 Å². The SMILES string of the molecule is Cc1ccc(C)c(N(CC(=O)Nc2nnc(SCc3ccccc3)s2)S(=O)(=O)c2ccccc2)c1. The maximum absolute atomic E-state index is 13.5. The molecule has 10 heteroatoms. The zero-order chi connectivity index (χ0) is 24.8. The first kappa shape index (κ1) is 24.9. The summed E-state index contributed by atoms with van der Waals surface area (Å²) in [5, 5.41) is 11.2. The van der Waals surface area contributed by atoms with E-state index in [0.717, 1.165) is 26.7 Å². The second kappa shape index (κ2) is 11.0. The average Bonchev–Trinajstić information content (AvgIpc) is 3.31. The number of carbonyl (C=O) groups is 1. The summed E-state index contributed by atoms with van der Waals surface area (Å²) in [5.41, 5.74) is 3.26. The van der Waals surface area contributed by atoms with Gasteiger partial charge in [-0.2, -0.15) is 0 Å². The van der Waals surface area contributed by atoms with Crippen LogP contribution in [0.15, 0.2) is 88.1 Å². The van der Waals surface area contributed by atoms with Gasteiger partial charge in [0.15, 0.2) is 4.34 Å². The first-order valence-electron chi connectivity index (χ1n) is 10.8. The molecular weight excluding hydrogens is 501 g/mol. The number of nitrogens with one attached hydrogen (secondary N) is 1. The number of carbonyl (C=O) groups excluding carboxylic acids is 1. The maximum Gasteiger partial charge on any atom is 0.264 e. The summed E-state index contributed by atoms with van der Waals surface area (Å²) in [6.45, 7) is 3.31. The minimum absolute atomic E-state index is 0.115. The molecule has 0 aliphatic heterocycles. The molecule has 0 unspecified atom stereocenters. The number of sulfonamides is 1. The van der Waals surface area contributed by atoms with Crippen LogP contribution in [0.4, 0.5) is 10.8 Å². The van der Waals surface area contributed by atoms with E-state index in [1.165, 1.54) is 35.2 Å². The molecule has 3 aromatic carbocycles. The molecule has 35 heavy (non-hydrogen) atoms. The number of rotatable bonds is 9. The molecule has 0 radical (unpaired) electrons. The Morgan fingerprint density at radius 1 is 0.971 bits per heavy atom. The Balaban J connectivity index is 1.52. The summed E-state index contributed by atoms with van der Waals surface area (Å²) in [7, 11) is -3.98. The van der Waals surface area contributed by atoms with Crippen molar-refractivity contribution in [3.05, 3.63) is 95.6 Å². The zero-order valence-corrected chi connectivity index (χ0v) is 21.7. The molecule has 0 spiro atoms. The van der Waals surface area contributed by atoms with Crippen molar-refractivity contribution in [2.45, 2.75) is 28.8 Å². The van der Waals surface area contributed by atoms with Crippen molar-refractivity contribution >= 4 is 49.8 Å².